The molecule has 0 saturated heterocycles. The van der Waals surface area contributed by atoms with Gasteiger partial charge in [-0.15, -0.1) is 0 Å². The highest BCUT2D eigenvalue weighted by atomic mass is 19.4. The Morgan fingerprint density at radius 3 is 2.50 bits per heavy atom. The Bertz CT molecular complexity index is 917. The summed E-state index contributed by atoms with van der Waals surface area (Å²) in [6, 6.07) is 9.95. The fourth-order valence-corrected chi connectivity index (χ4v) is 2.35. The van der Waals surface area contributed by atoms with Crippen LogP contribution in [0.2, 0.25) is 0 Å². The van der Waals surface area contributed by atoms with Crippen LogP contribution in [-0.4, -0.2) is 15.7 Å². The number of carbonyl (C=O) groups excluding carboxylic acids is 1. The van der Waals surface area contributed by atoms with Crippen LogP contribution in [0.3, 0.4) is 0 Å². The minimum absolute atomic E-state index is 0.0934. The standard InChI is InChI=1S/C18H13F4N3O/c19-15-3-1-2-12(8-15)10-25-11-16(9-23-25)24-17(26)13-4-6-14(7-5-13)18(20,21)22/h1-9,11H,10H2,(H,24,26). The van der Waals surface area contributed by atoms with Gasteiger partial charge in [-0.1, -0.05) is 12.1 Å². The molecule has 0 atom stereocenters. The van der Waals surface area contributed by atoms with Gasteiger partial charge in [0.1, 0.15) is 5.82 Å². The molecule has 0 radical (unpaired) electrons. The molecule has 0 aliphatic carbocycles. The normalized spacial score (nSPS) is 11.4. The summed E-state index contributed by atoms with van der Waals surface area (Å²) in [7, 11) is 0. The number of halogens is 4. The molecule has 4 nitrogen and oxygen atoms in total. The molecule has 0 bridgehead atoms. The number of nitrogens with one attached hydrogen (secondary N) is 1. The summed E-state index contributed by atoms with van der Waals surface area (Å²) in [5, 5.41) is 6.62. The van der Waals surface area contributed by atoms with Gasteiger partial charge in [0.05, 0.1) is 24.0 Å². The van der Waals surface area contributed by atoms with E-state index in [2.05, 4.69) is 10.4 Å². The van der Waals surface area contributed by atoms with Crippen molar-refractivity contribution in [2.24, 2.45) is 0 Å². The lowest BCUT2D eigenvalue weighted by molar-refractivity contribution is -0.137. The Morgan fingerprint density at radius 2 is 1.85 bits per heavy atom. The molecular weight excluding hydrogens is 350 g/mol. The third-order valence-electron chi connectivity index (χ3n) is 3.60. The number of aromatic nitrogens is 2. The van der Waals surface area contributed by atoms with Crippen LogP contribution in [0.25, 0.3) is 0 Å². The van der Waals surface area contributed by atoms with Crippen LogP contribution in [0.15, 0.2) is 60.9 Å². The van der Waals surface area contributed by atoms with Crippen molar-refractivity contribution in [1.29, 1.82) is 0 Å². The highest BCUT2D eigenvalue weighted by Gasteiger charge is 2.30. The lowest BCUT2D eigenvalue weighted by Gasteiger charge is -2.07. The molecule has 0 fully saturated rings. The van der Waals surface area contributed by atoms with Crippen molar-refractivity contribution < 1.29 is 22.4 Å². The molecule has 8 heteroatoms. The molecule has 0 aliphatic rings. The minimum Gasteiger partial charge on any atom is -0.319 e. The monoisotopic (exact) mass is 363 g/mol. The molecule has 26 heavy (non-hydrogen) atoms. The second-order valence-corrected chi connectivity index (χ2v) is 5.59. The van der Waals surface area contributed by atoms with Crippen LogP contribution >= 0.6 is 0 Å². The highest BCUT2D eigenvalue weighted by molar-refractivity contribution is 6.04. The predicted octanol–water partition coefficient (Wildman–Crippen LogP) is 4.34. The number of benzene rings is 2. The molecule has 0 spiro atoms. The summed E-state index contributed by atoms with van der Waals surface area (Å²) in [4.78, 5) is 12.1. The molecule has 0 unspecified atom stereocenters. The number of nitrogens with zero attached hydrogens (tertiary/aromatic N) is 2. The Morgan fingerprint density at radius 1 is 1.12 bits per heavy atom. The Kier molecular flexibility index (Phi) is 4.75. The second kappa shape index (κ2) is 6.99. The molecule has 3 rings (SSSR count). The van der Waals surface area contributed by atoms with E-state index in [9.17, 15) is 22.4 Å². The number of carbonyl (C=O) groups is 1. The van der Waals surface area contributed by atoms with Crippen LogP contribution in [0.1, 0.15) is 21.5 Å². The molecule has 1 amide bonds. The van der Waals surface area contributed by atoms with Crippen LogP contribution in [0.5, 0.6) is 0 Å². The van der Waals surface area contributed by atoms with Crippen LogP contribution in [-0.2, 0) is 12.7 Å². The summed E-state index contributed by atoms with van der Waals surface area (Å²) in [6.45, 7) is 0.313. The first-order valence-corrected chi connectivity index (χ1v) is 7.57. The van der Waals surface area contributed by atoms with E-state index < -0.39 is 17.6 Å². The summed E-state index contributed by atoms with van der Waals surface area (Å²) < 4.78 is 52.3. The van der Waals surface area contributed by atoms with Gasteiger partial charge in [0, 0.05) is 11.8 Å². The van der Waals surface area contributed by atoms with Crippen molar-refractivity contribution in [3.63, 3.8) is 0 Å². The second-order valence-electron chi connectivity index (χ2n) is 5.59. The number of rotatable bonds is 4. The van der Waals surface area contributed by atoms with Crippen LogP contribution in [0, 0.1) is 5.82 Å². The number of anilines is 1. The van der Waals surface area contributed by atoms with Crippen molar-refractivity contribution in [2.75, 3.05) is 5.32 Å². The van der Waals surface area contributed by atoms with Gasteiger partial charge >= 0.3 is 6.18 Å². The van der Waals surface area contributed by atoms with E-state index in [0.717, 1.165) is 24.3 Å². The van der Waals surface area contributed by atoms with Gasteiger partial charge < -0.3 is 5.32 Å². The quantitative estimate of drug-likeness (QED) is 0.701. The number of amides is 1. The highest BCUT2D eigenvalue weighted by Crippen LogP contribution is 2.29. The molecule has 1 N–H and O–H groups in total. The van der Waals surface area contributed by atoms with Gasteiger partial charge in [0.2, 0.25) is 0 Å². The van der Waals surface area contributed by atoms with Crippen LogP contribution < -0.4 is 5.32 Å². The van der Waals surface area contributed by atoms with Gasteiger partial charge in [-0.05, 0) is 42.0 Å². The van der Waals surface area contributed by atoms with E-state index in [1.165, 1.54) is 23.0 Å². The van der Waals surface area contributed by atoms with E-state index in [1.807, 2.05) is 0 Å². The van der Waals surface area contributed by atoms with Gasteiger partial charge in [0.15, 0.2) is 0 Å². The molecular formula is C18H13F4N3O. The molecule has 0 aliphatic heterocycles. The molecule has 134 valence electrons. The topological polar surface area (TPSA) is 46.9 Å². The Hall–Kier alpha value is -3.16. The fourth-order valence-electron chi connectivity index (χ4n) is 2.35. The van der Waals surface area contributed by atoms with Crippen LogP contribution in [0.4, 0.5) is 23.2 Å². The largest absolute Gasteiger partial charge is 0.416 e. The van der Waals surface area contributed by atoms with Crippen molar-refractivity contribution in [1.82, 2.24) is 9.78 Å². The molecule has 1 aromatic heterocycles. The van der Waals surface area contributed by atoms with Crippen molar-refractivity contribution in [3.8, 4) is 0 Å². The lowest BCUT2D eigenvalue weighted by atomic mass is 10.1. The van der Waals surface area contributed by atoms with E-state index >= 15 is 0 Å². The predicted molar refractivity (Wildman–Crippen MR) is 87.1 cm³/mol. The number of hydrogen-bond acceptors (Lipinski definition) is 2. The maximum Gasteiger partial charge on any atom is 0.416 e. The summed E-state index contributed by atoms with van der Waals surface area (Å²) in [5.74, 6) is -0.908. The van der Waals surface area contributed by atoms with E-state index in [4.69, 9.17) is 0 Å². The maximum atomic E-state index is 13.2. The van der Waals surface area contributed by atoms with E-state index in [-0.39, 0.29) is 11.4 Å². The van der Waals surface area contributed by atoms with Gasteiger partial charge in [-0.3, -0.25) is 9.48 Å². The average molecular weight is 363 g/mol. The number of hydrogen-bond donors (Lipinski definition) is 1. The summed E-state index contributed by atoms with van der Waals surface area (Å²) in [5.41, 5.74) is 0.355. The first-order chi connectivity index (χ1) is 12.3. The smallest absolute Gasteiger partial charge is 0.319 e. The van der Waals surface area contributed by atoms with Gasteiger partial charge in [-0.25, -0.2) is 4.39 Å². The molecule has 2 aromatic carbocycles. The average Bonchev–Trinajstić information content (AvgIpc) is 3.01. The van der Waals surface area contributed by atoms with Crippen molar-refractivity contribution >= 4 is 11.6 Å². The maximum absolute atomic E-state index is 13.2. The lowest BCUT2D eigenvalue weighted by Crippen LogP contribution is -2.12. The van der Waals surface area contributed by atoms with E-state index in [0.29, 0.717) is 17.8 Å². The Balaban J connectivity index is 1.66. The van der Waals surface area contributed by atoms with Crippen molar-refractivity contribution in [2.45, 2.75) is 12.7 Å². The zero-order chi connectivity index (χ0) is 18.7. The first kappa shape index (κ1) is 17.7. The van der Waals surface area contributed by atoms with E-state index in [1.54, 1.807) is 18.3 Å². The summed E-state index contributed by atoms with van der Waals surface area (Å²) >= 11 is 0. The molecule has 1 heterocycles. The van der Waals surface area contributed by atoms with Gasteiger partial charge in [-0.2, -0.15) is 18.3 Å². The molecule has 3 aromatic rings. The summed E-state index contributed by atoms with van der Waals surface area (Å²) in [6.07, 6.45) is -1.50. The zero-order valence-corrected chi connectivity index (χ0v) is 13.3. The van der Waals surface area contributed by atoms with Gasteiger partial charge in [0.25, 0.3) is 5.91 Å². The first-order valence-electron chi connectivity index (χ1n) is 7.57. The minimum atomic E-state index is -4.45. The zero-order valence-electron chi connectivity index (χ0n) is 13.3. The Labute approximate surface area is 146 Å². The fraction of sp³-hybridized carbons (Fsp3) is 0.111. The third-order valence-corrected chi connectivity index (χ3v) is 3.60. The molecule has 0 saturated carbocycles. The SMILES string of the molecule is O=C(Nc1cnn(Cc2cccc(F)c2)c1)c1ccc(C(F)(F)F)cc1. The third kappa shape index (κ3) is 4.27. The number of alkyl halides is 3. The van der Waals surface area contributed by atoms with Crippen molar-refractivity contribution in [3.05, 3.63) is 83.4 Å².